The van der Waals surface area contributed by atoms with Crippen LogP contribution in [-0.2, 0) is 0 Å². The van der Waals surface area contributed by atoms with Gasteiger partial charge in [-0.1, -0.05) is 115 Å². The molecule has 40 heavy (non-hydrogen) atoms. The van der Waals surface area contributed by atoms with Crippen molar-refractivity contribution in [1.29, 1.82) is 0 Å². The van der Waals surface area contributed by atoms with Crippen LogP contribution in [-0.4, -0.2) is 17.8 Å². The number of carbonyl (C=O) groups excluding carboxylic acids is 1. The van der Waals surface area contributed by atoms with Crippen LogP contribution >= 0.6 is 0 Å². The fourth-order valence-electron chi connectivity index (χ4n) is 4.81. The van der Waals surface area contributed by atoms with E-state index in [0.29, 0.717) is 17.3 Å². The number of aromatic nitrogens is 1. The molecule has 1 aromatic heterocycles. The van der Waals surface area contributed by atoms with Gasteiger partial charge >= 0.3 is 0 Å². The molecule has 3 heteroatoms. The van der Waals surface area contributed by atoms with Crippen molar-refractivity contribution in [2.45, 2.75) is 81.6 Å². The number of carbonyl (C=O) groups is 1. The van der Waals surface area contributed by atoms with E-state index in [2.05, 4.69) is 95.0 Å². The molecule has 0 bridgehead atoms. The second-order valence-electron chi connectivity index (χ2n) is 8.98. The summed E-state index contributed by atoms with van der Waals surface area (Å²) in [5.41, 5.74) is 11.9. The monoisotopic (exact) mass is 540 g/mol. The van der Waals surface area contributed by atoms with Crippen LogP contribution in [0.25, 0.3) is 17.2 Å². The average molecular weight is 541 g/mol. The van der Waals surface area contributed by atoms with Gasteiger partial charge in [-0.25, -0.2) is 4.98 Å². The molecule has 0 saturated heterocycles. The summed E-state index contributed by atoms with van der Waals surface area (Å²) >= 11 is 0. The summed E-state index contributed by atoms with van der Waals surface area (Å²) in [4.78, 5) is 15.3. The summed E-state index contributed by atoms with van der Waals surface area (Å²) in [6.45, 7) is 32.4. The zero-order valence-electron chi connectivity index (χ0n) is 27.0. The van der Waals surface area contributed by atoms with Crippen molar-refractivity contribution in [3.8, 4) is 0 Å². The Morgan fingerprint density at radius 2 is 1.65 bits per heavy atom. The van der Waals surface area contributed by atoms with E-state index in [0.717, 1.165) is 17.6 Å². The van der Waals surface area contributed by atoms with Crippen molar-refractivity contribution in [3.63, 3.8) is 0 Å². The van der Waals surface area contributed by atoms with Crippen molar-refractivity contribution in [2.24, 2.45) is 0 Å². The van der Waals surface area contributed by atoms with E-state index in [-0.39, 0.29) is 5.78 Å². The number of anilines is 1. The minimum Gasteiger partial charge on any atom is -0.373 e. The molecule has 1 aliphatic rings. The van der Waals surface area contributed by atoms with Crippen molar-refractivity contribution >= 4 is 28.8 Å². The molecule has 0 aliphatic heterocycles. The highest BCUT2D eigenvalue weighted by atomic mass is 16.1. The number of Topliss-reactive ketones (excluding diaryl/α,β-unsaturated/α-hetero) is 1. The zero-order chi connectivity index (χ0) is 31.0. The van der Waals surface area contributed by atoms with Crippen LogP contribution < -0.4 is 5.32 Å². The number of hydrogen-bond donors (Lipinski definition) is 1. The average Bonchev–Trinajstić information content (AvgIpc) is 3.25. The van der Waals surface area contributed by atoms with Crippen molar-refractivity contribution < 1.29 is 4.79 Å². The second-order valence-corrected chi connectivity index (χ2v) is 8.98. The Bertz CT molecular complexity index is 1270. The summed E-state index contributed by atoms with van der Waals surface area (Å²) in [5, 5.41) is 2.91. The Kier molecular flexibility index (Phi) is 16.8. The first-order valence-corrected chi connectivity index (χ1v) is 14.5. The minimum atomic E-state index is 0.0220. The summed E-state index contributed by atoms with van der Waals surface area (Å²) in [6, 6.07) is 8.35. The lowest BCUT2D eigenvalue weighted by atomic mass is 9.87. The van der Waals surface area contributed by atoms with Gasteiger partial charge in [-0.2, -0.15) is 0 Å². The largest absolute Gasteiger partial charge is 0.373 e. The number of nitrogens with zero attached hydrogens (tertiary/aromatic N) is 1. The number of nitrogens with one attached hydrogen (secondary N) is 1. The SMILES string of the molecule is C=CC1=C(/C=C\C)C(C)c2cccc(/C(C(=C)C)=C(\C)CC)c21.C=Cc1c(C(C)=O)ccnc1NC.CC.CC. The maximum Gasteiger partial charge on any atom is 0.160 e. The smallest absolute Gasteiger partial charge is 0.160 e. The summed E-state index contributed by atoms with van der Waals surface area (Å²) in [6.07, 6.45) is 10.6. The van der Waals surface area contributed by atoms with Crippen LogP contribution in [0.4, 0.5) is 5.82 Å². The molecule has 3 rings (SSSR count). The Balaban J connectivity index is 0.000000759. The molecule has 0 fully saturated rings. The van der Waals surface area contributed by atoms with Gasteiger partial charge < -0.3 is 5.32 Å². The number of rotatable bonds is 8. The normalized spacial score (nSPS) is 13.8. The molecule has 0 radical (unpaired) electrons. The van der Waals surface area contributed by atoms with Gasteiger partial charge in [0.2, 0.25) is 0 Å². The zero-order valence-corrected chi connectivity index (χ0v) is 27.0. The van der Waals surface area contributed by atoms with Crippen LogP contribution in [0, 0.1) is 0 Å². The van der Waals surface area contributed by atoms with E-state index >= 15 is 0 Å². The van der Waals surface area contributed by atoms with E-state index in [1.807, 2.05) is 33.8 Å². The fourth-order valence-corrected chi connectivity index (χ4v) is 4.81. The number of benzene rings is 1. The predicted molar refractivity (Wildman–Crippen MR) is 181 cm³/mol. The van der Waals surface area contributed by atoms with Crippen molar-refractivity contribution in [1.82, 2.24) is 4.98 Å². The Morgan fingerprint density at radius 3 is 2.10 bits per heavy atom. The van der Waals surface area contributed by atoms with E-state index < -0.39 is 0 Å². The van der Waals surface area contributed by atoms with Gasteiger partial charge in [0, 0.05) is 30.3 Å². The molecule has 1 unspecified atom stereocenters. The van der Waals surface area contributed by atoms with Gasteiger partial charge in [0.25, 0.3) is 0 Å². The first-order chi connectivity index (χ1) is 19.2. The van der Waals surface area contributed by atoms with Crippen molar-refractivity contribution in [3.05, 3.63) is 113 Å². The first-order valence-electron chi connectivity index (χ1n) is 14.5. The van der Waals surface area contributed by atoms with Crippen LogP contribution in [0.15, 0.2) is 85.1 Å². The third-order valence-electron chi connectivity index (χ3n) is 6.62. The highest BCUT2D eigenvalue weighted by Crippen LogP contribution is 2.47. The number of allylic oxidation sites excluding steroid dienone is 8. The topological polar surface area (TPSA) is 42.0 Å². The van der Waals surface area contributed by atoms with Crippen LogP contribution in [0.3, 0.4) is 0 Å². The van der Waals surface area contributed by atoms with E-state index in [4.69, 9.17) is 0 Å². The van der Waals surface area contributed by atoms with Gasteiger partial charge in [-0.05, 0) is 73.6 Å². The Hall–Kier alpha value is -3.72. The maximum atomic E-state index is 11.2. The van der Waals surface area contributed by atoms with Gasteiger partial charge in [0.1, 0.15) is 5.82 Å². The van der Waals surface area contributed by atoms with E-state index in [1.54, 1.807) is 25.4 Å². The van der Waals surface area contributed by atoms with Crippen LogP contribution in [0.2, 0.25) is 0 Å². The van der Waals surface area contributed by atoms with Gasteiger partial charge in [0.05, 0.1) is 0 Å². The molecule has 0 spiro atoms. The first kappa shape index (κ1) is 36.3. The number of hydrogen-bond acceptors (Lipinski definition) is 3. The molecule has 1 N–H and O–H groups in total. The highest BCUT2D eigenvalue weighted by Gasteiger charge is 2.28. The summed E-state index contributed by atoms with van der Waals surface area (Å²) in [5.74, 6) is 1.11. The van der Waals surface area contributed by atoms with Gasteiger partial charge in [0.15, 0.2) is 5.78 Å². The third kappa shape index (κ3) is 8.39. The molecule has 216 valence electrons. The standard InChI is InChI=1S/C23H28.C10H12N2O.2C2H6/c1-8-12-19-17(7)20-13-11-14-21(23(20)18(19)10-3)22(15(4)5)16(6)9-2;1-4-8-9(7(2)13)5-6-12-10(8)11-3;2*1-2/h8,10-14,17H,3-4,9H2,1-2,5-7H3;4-6H,1H2,2-3H3,(H,11,12);2*1-2H3/b12-8-,22-16+;;;. The summed E-state index contributed by atoms with van der Waals surface area (Å²) in [7, 11) is 1.76. The number of pyridine rings is 1. The van der Waals surface area contributed by atoms with E-state index in [1.165, 1.54) is 45.9 Å². The van der Waals surface area contributed by atoms with Crippen LogP contribution in [0.5, 0.6) is 0 Å². The molecule has 0 amide bonds. The highest BCUT2D eigenvalue weighted by molar-refractivity contribution is 5.99. The molecule has 2 aromatic rings. The molecular formula is C37H52N2O. The lowest BCUT2D eigenvalue weighted by Gasteiger charge is -2.17. The molecule has 1 heterocycles. The third-order valence-corrected chi connectivity index (χ3v) is 6.62. The second kappa shape index (κ2) is 18.5. The molecule has 1 aliphatic carbocycles. The molecule has 1 atom stereocenters. The van der Waals surface area contributed by atoms with Crippen molar-refractivity contribution in [2.75, 3.05) is 12.4 Å². The van der Waals surface area contributed by atoms with Gasteiger partial charge in [-0.3, -0.25) is 4.79 Å². The molecule has 3 nitrogen and oxygen atoms in total. The lowest BCUT2D eigenvalue weighted by molar-refractivity contribution is 0.101. The molecule has 0 saturated carbocycles. The van der Waals surface area contributed by atoms with E-state index in [9.17, 15) is 4.79 Å². The predicted octanol–water partition coefficient (Wildman–Crippen LogP) is 11.1. The minimum absolute atomic E-state index is 0.0220. The molecular weight excluding hydrogens is 488 g/mol. The lowest BCUT2D eigenvalue weighted by Crippen LogP contribution is -2.02. The van der Waals surface area contributed by atoms with Gasteiger partial charge in [-0.15, -0.1) is 0 Å². The fraction of sp³-hybridized carbons (Fsp3) is 0.351. The Labute approximate surface area is 245 Å². The molecule has 1 aromatic carbocycles. The van der Waals surface area contributed by atoms with Crippen LogP contribution in [0.1, 0.15) is 114 Å². The number of ketones is 1. The maximum absolute atomic E-state index is 11.2. The number of fused-ring (bicyclic) bond motifs is 1. The Morgan fingerprint density at radius 1 is 1.02 bits per heavy atom. The quantitative estimate of drug-likeness (QED) is 0.267. The summed E-state index contributed by atoms with van der Waals surface area (Å²) < 4.78 is 0.